The molecule has 1 saturated carbocycles. The summed E-state index contributed by atoms with van der Waals surface area (Å²) in [6, 6.07) is 0. The Morgan fingerprint density at radius 2 is 2.05 bits per heavy atom. The second-order valence-electron chi connectivity index (χ2n) is 4.91. The second kappa shape index (κ2) is 5.99. The molecule has 0 amide bonds. The van der Waals surface area contributed by atoms with E-state index < -0.39 is 17.2 Å². The molecule has 0 unspecified atom stereocenters. The summed E-state index contributed by atoms with van der Waals surface area (Å²) in [5.41, 5.74) is -1.03. The highest BCUT2D eigenvalue weighted by Gasteiger charge is 2.36. The number of hydrogen-bond donors (Lipinski definition) is 1. The van der Waals surface area contributed by atoms with Crippen molar-refractivity contribution in [2.75, 3.05) is 6.54 Å². The fourth-order valence-electron chi connectivity index (χ4n) is 2.37. The molecule has 0 saturated heterocycles. The van der Waals surface area contributed by atoms with Gasteiger partial charge in [-0.3, -0.25) is 0 Å². The molecule has 0 bridgehead atoms. The third-order valence-corrected chi connectivity index (χ3v) is 3.61. The summed E-state index contributed by atoms with van der Waals surface area (Å²) in [6.45, 7) is 4.28. The van der Waals surface area contributed by atoms with Gasteiger partial charge in [0, 0.05) is 24.0 Å². The lowest BCUT2D eigenvalue weighted by atomic mass is 10.1. The lowest BCUT2D eigenvalue weighted by Gasteiger charge is -2.17. The molecule has 1 aliphatic carbocycles. The molecule has 0 aliphatic heterocycles. The fourth-order valence-corrected chi connectivity index (χ4v) is 2.51. The van der Waals surface area contributed by atoms with Crippen LogP contribution >= 0.6 is 11.6 Å². The van der Waals surface area contributed by atoms with Gasteiger partial charge in [-0.15, -0.1) is 0 Å². The van der Waals surface area contributed by atoms with E-state index in [0.29, 0.717) is 12.5 Å². The van der Waals surface area contributed by atoms with Crippen LogP contribution in [0, 0.1) is 5.92 Å². The van der Waals surface area contributed by atoms with E-state index in [-0.39, 0.29) is 11.3 Å². The minimum Gasteiger partial charge on any atom is -0.385 e. The van der Waals surface area contributed by atoms with Gasteiger partial charge in [-0.25, -0.2) is 9.97 Å². The number of hydrogen-bond acceptors (Lipinski definition) is 3. The van der Waals surface area contributed by atoms with Crippen molar-refractivity contribution in [3.8, 4) is 0 Å². The molecule has 1 heterocycles. The van der Waals surface area contributed by atoms with Crippen molar-refractivity contribution in [2.24, 2.45) is 5.92 Å². The van der Waals surface area contributed by atoms with E-state index in [1.165, 1.54) is 12.8 Å². The SMILES string of the molecule is C=C(NCC1CCCC1)c1cnc(Cl)nc1C(F)(F)F. The summed E-state index contributed by atoms with van der Waals surface area (Å²) in [4.78, 5) is 6.88. The van der Waals surface area contributed by atoms with Crippen LogP contribution in [0.1, 0.15) is 36.9 Å². The average molecular weight is 306 g/mol. The molecule has 1 aromatic heterocycles. The Balaban J connectivity index is 2.12. The molecule has 0 atom stereocenters. The zero-order chi connectivity index (χ0) is 14.8. The number of nitrogens with zero attached hydrogens (tertiary/aromatic N) is 2. The van der Waals surface area contributed by atoms with Crippen LogP contribution in [0.25, 0.3) is 5.70 Å². The van der Waals surface area contributed by atoms with Gasteiger partial charge < -0.3 is 5.32 Å². The van der Waals surface area contributed by atoms with Gasteiger partial charge in [-0.05, 0) is 30.4 Å². The highest BCUT2D eigenvalue weighted by Crippen LogP contribution is 2.33. The van der Waals surface area contributed by atoms with Crippen molar-refractivity contribution in [1.82, 2.24) is 15.3 Å². The molecule has 3 nitrogen and oxygen atoms in total. The quantitative estimate of drug-likeness (QED) is 0.857. The maximum atomic E-state index is 12.9. The molecule has 0 radical (unpaired) electrons. The Kier molecular flexibility index (Phi) is 4.52. The number of alkyl halides is 3. The first-order valence-electron chi connectivity index (χ1n) is 6.41. The number of aromatic nitrogens is 2. The molecule has 2 rings (SSSR count). The minimum atomic E-state index is -4.58. The van der Waals surface area contributed by atoms with Gasteiger partial charge in [0.05, 0.1) is 0 Å². The van der Waals surface area contributed by atoms with Crippen molar-refractivity contribution >= 4 is 17.3 Å². The Labute approximate surface area is 120 Å². The molecule has 20 heavy (non-hydrogen) atoms. The third kappa shape index (κ3) is 3.62. The van der Waals surface area contributed by atoms with Crippen molar-refractivity contribution in [3.05, 3.63) is 29.3 Å². The van der Waals surface area contributed by atoms with Crippen LogP contribution < -0.4 is 5.32 Å². The van der Waals surface area contributed by atoms with Gasteiger partial charge >= 0.3 is 6.18 Å². The molecule has 1 N–H and O–H groups in total. The van der Waals surface area contributed by atoms with Gasteiger partial charge in [0.25, 0.3) is 0 Å². The molecule has 7 heteroatoms. The first kappa shape index (κ1) is 15.1. The topological polar surface area (TPSA) is 37.8 Å². The number of nitrogens with one attached hydrogen (secondary N) is 1. The maximum absolute atomic E-state index is 12.9. The summed E-state index contributed by atoms with van der Waals surface area (Å²) < 4.78 is 38.7. The molecule has 110 valence electrons. The van der Waals surface area contributed by atoms with Crippen LogP contribution in [-0.2, 0) is 6.18 Å². The summed E-state index contributed by atoms with van der Waals surface area (Å²) in [5.74, 6) is 0.495. The van der Waals surface area contributed by atoms with E-state index in [2.05, 4.69) is 21.9 Å². The van der Waals surface area contributed by atoms with Gasteiger partial charge in [0.2, 0.25) is 5.28 Å². The van der Waals surface area contributed by atoms with Gasteiger partial charge in [0.15, 0.2) is 5.69 Å². The fraction of sp³-hybridized carbons (Fsp3) is 0.538. The molecular weight excluding hydrogens is 291 g/mol. The van der Waals surface area contributed by atoms with E-state index in [1.54, 1.807) is 0 Å². The van der Waals surface area contributed by atoms with Crippen LogP contribution in [0.5, 0.6) is 0 Å². The summed E-state index contributed by atoms with van der Waals surface area (Å²) in [7, 11) is 0. The maximum Gasteiger partial charge on any atom is 0.434 e. The third-order valence-electron chi connectivity index (χ3n) is 3.43. The van der Waals surface area contributed by atoms with Gasteiger partial charge in [0.1, 0.15) is 0 Å². The van der Waals surface area contributed by atoms with E-state index in [1.807, 2.05) is 0 Å². The normalized spacial score (nSPS) is 16.4. The lowest BCUT2D eigenvalue weighted by molar-refractivity contribution is -0.141. The minimum absolute atomic E-state index is 0.153. The Bertz CT molecular complexity index is 496. The highest BCUT2D eigenvalue weighted by atomic mass is 35.5. The van der Waals surface area contributed by atoms with Gasteiger partial charge in [-0.1, -0.05) is 19.4 Å². The van der Waals surface area contributed by atoms with Crippen LogP contribution in [0.2, 0.25) is 5.28 Å². The monoisotopic (exact) mass is 305 g/mol. The van der Waals surface area contributed by atoms with Gasteiger partial charge in [-0.2, -0.15) is 13.2 Å². The van der Waals surface area contributed by atoms with Crippen LogP contribution in [-0.4, -0.2) is 16.5 Å². The largest absolute Gasteiger partial charge is 0.434 e. The van der Waals surface area contributed by atoms with E-state index in [0.717, 1.165) is 19.0 Å². The average Bonchev–Trinajstić information content (AvgIpc) is 2.88. The predicted octanol–water partition coefficient (Wildman–Crippen LogP) is 3.90. The van der Waals surface area contributed by atoms with Crippen molar-refractivity contribution in [1.29, 1.82) is 0 Å². The lowest BCUT2D eigenvalue weighted by Crippen LogP contribution is -2.22. The standard InChI is InChI=1S/C13H15ClF3N3/c1-8(18-6-9-4-2-3-5-9)10-7-19-12(14)20-11(10)13(15,16)17/h7,9,18H,1-6H2. The van der Waals surface area contributed by atoms with Crippen molar-refractivity contribution in [3.63, 3.8) is 0 Å². The second-order valence-corrected chi connectivity index (χ2v) is 5.25. The molecule has 1 aromatic rings. The van der Waals surface area contributed by atoms with E-state index >= 15 is 0 Å². The zero-order valence-corrected chi connectivity index (χ0v) is 11.6. The number of halogens is 4. The molecule has 1 aliphatic rings. The highest BCUT2D eigenvalue weighted by molar-refractivity contribution is 6.28. The molecule has 1 fully saturated rings. The van der Waals surface area contributed by atoms with Crippen molar-refractivity contribution in [2.45, 2.75) is 31.9 Å². The predicted molar refractivity (Wildman–Crippen MR) is 71.0 cm³/mol. The van der Waals surface area contributed by atoms with Crippen LogP contribution in [0.15, 0.2) is 12.8 Å². The summed E-state index contributed by atoms with van der Waals surface area (Å²) in [5, 5.41) is 2.53. The molecule has 0 spiro atoms. The Hall–Kier alpha value is -1.30. The van der Waals surface area contributed by atoms with Crippen LogP contribution in [0.4, 0.5) is 13.2 Å². The summed E-state index contributed by atoms with van der Waals surface area (Å²) in [6.07, 6.45) is 1.03. The Morgan fingerprint density at radius 1 is 1.40 bits per heavy atom. The molecule has 0 aromatic carbocycles. The Morgan fingerprint density at radius 3 is 2.65 bits per heavy atom. The summed E-state index contributed by atoms with van der Waals surface area (Å²) >= 11 is 5.44. The molecular formula is C13H15ClF3N3. The van der Waals surface area contributed by atoms with Crippen LogP contribution in [0.3, 0.4) is 0 Å². The van der Waals surface area contributed by atoms with E-state index in [4.69, 9.17) is 11.6 Å². The van der Waals surface area contributed by atoms with Crippen molar-refractivity contribution < 1.29 is 13.2 Å². The first-order valence-corrected chi connectivity index (χ1v) is 6.78. The zero-order valence-electron chi connectivity index (χ0n) is 10.8. The first-order chi connectivity index (χ1) is 9.38. The smallest absolute Gasteiger partial charge is 0.385 e. The number of rotatable bonds is 4. The van der Waals surface area contributed by atoms with E-state index in [9.17, 15) is 13.2 Å².